The van der Waals surface area contributed by atoms with E-state index in [1.807, 2.05) is 0 Å². The highest BCUT2D eigenvalue weighted by atomic mass is 16.1. The van der Waals surface area contributed by atoms with E-state index in [1.54, 1.807) is 0 Å². The molecule has 0 saturated carbocycles. The molecule has 0 aliphatic heterocycles. The first-order valence-corrected chi connectivity index (χ1v) is 3.94. The number of isocyanates is 1. The highest BCUT2D eigenvalue weighted by Gasteiger charge is 2.16. The van der Waals surface area contributed by atoms with Gasteiger partial charge in [0.05, 0.1) is 0 Å². The van der Waals surface area contributed by atoms with Crippen molar-refractivity contribution in [3.8, 4) is 0 Å². The molecule has 66 valence electrons. The van der Waals surface area contributed by atoms with Gasteiger partial charge >= 0.3 is 0 Å². The van der Waals surface area contributed by atoms with Gasteiger partial charge in [-0.15, -0.1) is 0 Å². The molecule has 0 bridgehead atoms. The lowest BCUT2D eigenvalue weighted by Gasteiger charge is -2.25. The van der Waals surface area contributed by atoms with Gasteiger partial charge in [-0.2, -0.15) is 0 Å². The second kappa shape index (κ2) is 6.11. The van der Waals surface area contributed by atoms with Crippen molar-refractivity contribution in [2.45, 2.75) is 41.0 Å². The van der Waals surface area contributed by atoms with Crippen molar-refractivity contribution in [2.75, 3.05) is 0 Å². The molecule has 0 rings (SSSR count). The number of carbonyl (C=O) groups excluding carboxylic acids is 1. The third-order valence-electron chi connectivity index (χ3n) is 2.09. The standard InChI is InChI=1S/C8H18.CHNO/c1-6-7(2)8(3,4)5;2-1-3/h7H,6H2,1-5H3;2H. The Balaban J connectivity index is 0. The van der Waals surface area contributed by atoms with E-state index in [0.29, 0.717) is 5.41 Å². The number of hydrogen-bond donors (Lipinski definition) is 1. The van der Waals surface area contributed by atoms with Gasteiger partial charge < -0.3 is 0 Å². The maximum atomic E-state index is 8.35. The maximum Gasteiger partial charge on any atom is 0.231 e. The third-order valence-corrected chi connectivity index (χ3v) is 2.09. The van der Waals surface area contributed by atoms with Crippen molar-refractivity contribution in [2.24, 2.45) is 11.3 Å². The second-order valence-electron chi connectivity index (χ2n) is 3.78. The Morgan fingerprint density at radius 1 is 1.45 bits per heavy atom. The molecule has 0 aromatic heterocycles. The van der Waals surface area contributed by atoms with Gasteiger partial charge in [-0.25, -0.2) is 10.2 Å². The van der Waals surface area contributed by atoms with Crippen molar-refractivity contribution < 1.29 is 4.79 Å². The maximum absolute atomic E-state index is 8.35. The van der Waals surface area contributed by atoms with E-state index < -0.39 is 0 Å². The highest BCUT2D eigenvalue weighted by Crippen LogP contribution is 2.27. The van der Waals surface area contributed by atoms with Gasteiger partial charge in [-0.1, -0.05) is 41.0 Å². The molecule has 0 spiro atoms. The molecule has 11 heavy (non-hydrogen) atoms. The normalized spacial score (nSPS) is 12.5. The van der Waals surface area contributed by atoms with Crippen LogP contribution in [0.1, 0.15) is 41.0 Å². The minimum absolute atomic E-state index is 0.509. The van der Waals surface area contributed by atoms with Gasteiger partial charge in [0.1, 0.15) is 0 Å². The zero-order valence-electron chi connectivity index (χ0n) is 8.19. The average molecular weight is 157 g/mol. The molecule has 0 heterocycles. The topological polar surface area (TPSA) is 40.9 Å². The van der Waals surface area contributed by atoms with Crippen molar-refractivity contribution in [1.82, 2.24) is 0 Å². The Bertz CT molecular complexity index is 118. The minimum atomic E-state index is 0.509. The summed E-state index contributed by atoms with van der Waals surface area (Å²) in [6.07, 6.45) is 2.05. The first kappa shape index (κ1) is 13.0. The van der Waals surface area contributed by atoms with E-state index in [1.165, 1.54) is 6.42 Å². The minimum Gasteiger partial charge on any atom is -0.222 e. The van der Waals surface area contributed by atoms with Crippen molar-refractivity contribution in [3.05, 3.63) is 0 Å². The quantitative estimate of drug-likeness (QED) is 0.461. The molecule has 0 aliphatic carbocycles. The van der Waals surface area contributed by atoms with Crippen LogP contribution in [0, 0.1) is 16.7 Å². The second-order valence-corrected chi connectivity index (χ2v) is 3.78. The van der Waals surface area contributed by atoms with E-state index >= 15 is 0 Å². The molecular weight excluding hydrogens is 138 g/mol. The lowest BCUT2D eigenvalue weighted by atomic mass is 9.81. The fourth-order valence-corrected chi connectivity index (χ4v) is 0.612. The molecule has 0 saturated heterocycles. The van der Waals surface area contributed by atoms with Gasteiger partial charge in [-0.05, 0) is 11.3 Å². The molecule has 0 amide bonds. The highest BCUT2D eigenvalue weighted by molar-refractivity contribution is 5.26. The number of nitrogens with one attached hydrogen (secondary N) is 1. The summed E-state index contributed by atoms with van der Waals surface area (Å²) in [5.41, 5.74) is 0.509. The van der Waals surface area contributed by atoms with Gasteiger partial charge in [-0.3, -0.25) is 0 Å². The Morgan fingerprint density at radius 3 is 1.73 bits per heavy atom. The smallest absolute Gasteiger partial charge is 0.222 e. The van der Waals surface area contributed by atoms with Crippen LogP contribution in [0.15, 0.2) is 0 Å². The summed E-state index contributed by atoms with van der Waals surface area (Å²) < 4.78 is 0. The van der Waals surface area contributed by atoms with Crippen LogP contribution in [0.4, 0.5) is 0 Å². The molecule has 2 nitrogen and oxygen atoms in total. The lowest BCUT2D eigenvalue weighted by molar-refractivity contribution is 0.254. The fraction of sp³-hybridized carbons (Fsp3) is 0.889. The van der Waals surface area contributed by atoms with E-state index in [4.69, 9.17) is 10.2 Å². The predicted octanol–water partition coefficient (Wildman–Crippen LogP) is 2.98. The van der Waals surface area contributed by atoms with E-state index in [2.05, 4.69) is 34.6 Å². The van der Waals surface area contributed by atoms with Gasteiger partial charge in [0.15, 0.2) is 0 Å². The SMILES string of the molecule is CCC(C)C(C)(C)C.N=C=O. The first-order valence-electron chi connectivity index (χ1n) is 3.94. The molecule has 1 N–H and O–H groups in total. The van der Waals surface area contributed by atoms with Crippen LogP contribution in [0.2, 0.25) is 0 Å². The summed E-state index contributed by atoms with van der Waals surface area (Å²) in [5, 5.41) is 5.40. The molecule has 1 unspecified atom stereocenters. The van der Waals surface area contributed by atoms with E-state index in [-0.39, 0.29) is 0 Å². The fourth-order valence-electron chi connectivity index (χ4n) is 0.612. The van der Waals surface area contributed by atoms with Crippen LogP contribution in [0.25, 0.3) is 0 Å². The summed E-state index contributed by atoms with van der Waals surface area (Å²) in [7, 11) is 0. The van der Waals surface area contributed by atoms with Crippen molar-refractivity contribution >= 4 is 6.08 Å². The van der Waals surface area contributed by atoms with Crippen LogP contribution in [-0.4, -0.2) is 6.08 Å². The van der Waals surface area contributed by atoms with Crippen molar-refractivity contribution in [3.63, 3.8) is 0 Å². The zero-order valence-corrected chi connectivity index (χ0v) is 8.19. The van der Waals surface area contributed by atoms with Gasteiger partial charge in [0, 0.05) is 0 Å². The summed E-state index contributed by atoms with van der Waals surface area (Å²) in [5.74, 6) is 0.850. The molecule has 0 aromatic rings. The van der Waals surface area contributed by atoms with Crippen LogP contribution >= 0.6 is 0 Å². The molecule has 2 heteroatoms. The predicted molar refractivity (Wildman–Crippen MR) is 47.3 cm³/mol. The average Bonchev–Trinajstić information content (AvgIpc) is 1.86. The van der Waals surface area contributed by atoms with E-state index in [0.717, 1.165) is 12.0 Å². The summed E-state index contributed by atoms with van der Waals surface area (Å²) in [6.45, 7) is 11.4. The Labute approximate surface area is 69.5 Å². The lowest BCUT2D eigenvalue weighted by Crippen LogP contribution is -2.15. The number of rotatable bonds is 1. The van der Waals surface area contributed by atoms with Crippen LogP contribution in [0.3, 0.4) is 0 Å². The Morgan fingerprint density at radius 2 is 1.73 bits per heavy atom. The molecule has 0 aliphatic rings. The third kappa shape index (κ3) is 9.38. The first-order chi connectivity index (χ1) is 4.90. The molecule has 0 radical (unpaired) electrons. The Kier molecular flexibility index (Phi) is 7.23. The molecule has 0 aromatic carbocycles. The largest absolute Gasteiger partial charge is 0.231 e. The van der Waals surface area contributed by atoms with Crippen LogP contribution in [0.5, 0.6) is 0 Å². The molecular formula is C9H19NO. The molecule has 1 atom stereocenters. The van der Waals surface area contributed by atoms with E-state index in [9.17, 15) is 0 Å². The van der Waals surface area contributed by atoms with Crippen molar-refractivity contribution in [1.29, 1.82) is 5.41 Å². The van der Waals surface area contributed by atoms with Gasteiger partial charge in [0.2, 0.25) is 6.08 Å². The van der Waals surface area contributed by atoms with Crippen LogP contribution < -0.4 is 0 Å². The summed E-state index contributed by atoms with van der Waals surface area (Å²) in [4.78, 5) is 8.35. The monoisotopic (exact) mass is 157 g/mol. The number of hydrogen-bond acceptors (Lipinski definition) is 2. The van der Waals surface area contributed by atoms with Gasteiger partial charge in [0.25, 0.3) is 0 Å². The summed E-state index contributed by atoms with van der Waals surface area (Å²) in [6, 6.07) is 0. The summed E-state index contributed by atoms with van der Waals surface area (Å²) >= 11 is 0. The van der Waals surface area contributed by atoms with Crippen LogP contribution in [-0.2, 0) is 4.79 Å². The Hall–Kier alpha value is -0.620. The molecule has 0 fully saturated rings. The zero-order chi connectivity index (χ0) is 9.49.